The van der Waals surface area contributed by atoms with Crippen LogP contribution in [0.1, 0.15) is 33.6 Å². The van der Waals surface area contributed by atoms with Crippen LogP contribution in [0.2, 0.25) is 0 Å². The van der Waals surface area contributed by atoms with E-state index in [2.05, 4.69) is 25.8 Å². The first-order chi connectivity index (χ1) is 8.13. The summed E-state index contributed by atoms with van der Waals surface area (Å²) in [5, 5.41) is 0. The lowest BCUT2D eigenvalue weighted by atomic mass is 10.5. The van der Waals surface area contributed by atoms with Gasteiger partial charge in [0, 0.05) is 25.7 Å². The number of rotatable bonds is 4. The molecule has 108 valence electrons. The fourth-order valence-electron chi connectivity index (χ4n) is 1.84. The molecule has 2 aliphatic rings. The molecule has 2 fully saturated rings. The molecule has 0 spiro atoms. The molecule has 2 rings (SSSR count). The highest BCUT2D eigenvalue weighted by Gasteiger charge is 2.38. The number of likely N-dealkylation sites (N-methyl/N-ethyl adjacent to an activating group) is 1. The summed E-state index contributed by atoms with van der Waals surface area (Å²) in [5.74, 6) is 0. The first-order valence-corrected chi connectivity index (χ1v) is 6.88. The van der Waals surface area contributed by atoms with Gasteiger partial charge in [0.2, 0.25) is 0 Å². The molecule has 0 unspecified atom stereocenters. The molecule has 0 aromatic carbocycles. The van der Waals surface area contributed by atoms with Crippen LogP contribution in [0.4, 0.5) is 4.79 Å². The highest BCUT2D eigenvalue weighted by molar-refractivity contribution is 5.77. The lowest BCUT2D eigenvalue weighted by molar-refractivity contribution is 0.192. The van der Waals surface area contributed by atoms with Crippen molar-refractivity contribution in [3.05, 3.63) is 0 Å². The standard InChI is InChI=1S/C8H14N2O.C5H13N.H2O/c1-2-9-5-6-10(8(9)11)7-3-4-7;1-4-6(3)5-2;/h7H,2-6H2,1H3;4-5H2,1-3H3;1H2. The van der Waals surface area contributed by atoms with E-state index in [1.165, 1.54) is 12.8 Å². The first kappa shape index (κ1) is 17.2. The van der Waals surface area contributed by atoms with E-state index in [9.17, 15) is 4.79 Å². The topological polar surface area (TPSA) is 58.3 Å². The Morgan fingerprint density at radius 3 is 2.00 bits per heavy atom. The van der Waals surface area contributed by atoms with Crippen molar-refractivity contribution in [1.82, 2.24) is 14.7 Å². The molecule has 1 aliphatic carbocycles. The van der Waals surface area contributed by atoms with Crippen LogP contribution in [-0.2, 0) is 0 Å². The molecule has 0 bridgehead atoms. The first-order valence-electron chi connectivity index (χ1n) is 6.88. The molecule has 1 heterocycles. The lowest BCUT2D eigenvalue weighted by Crippen LogP contribution is -2.32. The van der Waals surface area contributed by atoms with Crippen molar-refractivity contribution in [3.63, 3.8) is 0 Å². The van der Waals surface area contributed by atoms with Crippen molar-refractivity contribution >= 4 is 6.03 Å². The van der Waals surface area contributed by atoms with Crippen molar-refractivity contribution in [2.45, 2.75) is 39.7 Å². The van der Waals surface area contributed by atoms with E-state index < -0.39 is 0 Å². The van der Waals surface area contributed by atoms with Gasteiger partial charge in [-0.3, -0.25) is 0 Å². The summed E-state index contributed by atoms with van der Waals surface area (Å²) in [4.78, 5) is 17.7. The van der Waals surface area contributed by atoms with Gasteiger partial charge in [-0.15, -0.1) is 0 Å². The molecule has 5 nitrogen and oxygen atoms in total. The van der Waals surface area contributed by atoms with Gasteiger partial charge in [0.05, 0.1) is 0 Å². The van der Waals surface area contributed by atoms with Gasteiger partial charge in [0.1, 0.15) is 0 Å². The maximum atomic E-state index is 11.5. The normalized spacial score (nSPS) is 18.6. The zero-order chi connectivity index (χ0) is 12.8. The number of amides is 2. The average molecular weight is 259 g/mol. The van der Waals surface area contributed by atoms with Gasteiger partial charge in [-0.05, 0) is 39.9 Å². The second kappa shape index (κ2) is 8.32. The van der Waals surface area contributed by atoms with Crippen molar-refractivity contribution in [2.24, 2.45) is 0 Å². The second-order valence-corrected chi connectivity index (χ2v) is 4.78. The maximum absolute atomic E-state index is 11.5. The summed E-state index contributed by atoms with van der Waals surface area (Å²) in [7, 11) is 2.11. The summed E-state index contributed by atoms with van der Waals surface area (Å²) in [6, 6.07) is 0.856. The van der Waals surface area contributed by atoms with Crippen LogP contribution in [0.15, 0.2) is 0 Å². The average Bonchev–Trinajstić information content (AvgIpc) is 3.13. The molecule has 0 aromatic rings. The van der Waals surface area contributed by atoms with Crippen molar-refractivity contribution in [1.29, 1.82) is 0 Å². The Labute approximate surface area is 111 Å². The van der Waals surface area contributed by atoms with Crippen molar-refractivity contribution in [2.75, 3.05) is 39.8 Å². The molecule has 0 atom stereocenters. The third-order valence-electron chi connectivity index (χ3n) is 3.58. The summed E-state index contributed by atoms with van der Waals surface area (Å²) in [5.41, 5.74) is 0. The van der Waals surface area contributed by atoms with Crippen LogP contribution in [0.25, 0.3) is 0 Å². The van der Waals surface area contributed by atoms with Crippen LogP contribution in [0.5, 0.6) is 0 Å². The van der Waals surface area contributed by atoms with Crippen LogP contribution in [-0.4, -0.2) is 72.0 Å². The van der Waals surface area contributed by atoms with Crippen molar-refractivity contribution in [3.8, 4) is 0 Å². The molecule has 1 saturated heterocycles. The Balaban J connectivity index is 0.000000362. The monoisotopic (exact) mass is 259 g/mol. The number of nitrogens with zero attached hydrogens (tertiary/aromatic N) is 3. The van der Waals surface area contributed by atoms with Gasteiger partial charge in [0.25, 0.3) is 0 Å². The zero-order valence-corrected chi connectivity index (χ0v) is 12.3. The molecule has 1 saturated carbocycles. The van der Waals surface area contributed by atoms with Gasteiger partial charge in [0.15, 0.2) is 0 Å². The number of urea groups is 1. The molecule has 0 radical (unpaired) electrons. The predicted molar refractivity (Wildman–Crippen MR) is 74.8 cm³/mol. The van der Waals surface area contributed by atoms with Gasteiger partial charge in [-0.1, -0.05) is 13.8 Å². The fraction of sp³-hybridized carbons (Fsp3) is 0.923. The quantitative estimate of drug-likeness (QED) is 0.757. The Morgan fingerprint density at radius 1 is 1.17 bits per heavy atom. The number of carbonyl (C=O) groups is 1. The molecule has 5 heteroatoms. The van der Waals surface area contributed by atoms with Crippen LogP contribution >= 0.6 is 0 Å². The lowest BCUT2D eigenvalue weighted by Gasteiger charge is -2.16. The highest BCUT2D eigenvalue weighted by atomic mass is 16.2. The Hall–Kier alpha value is -0.810. The van der Waals surface area contributed by atoms with E-state index in [-0.39, 0.29) is 11.5 Å². The van der Waals surface area contributed by atoms with Crippen LogP contribution in [0, 0.1) is 0 Å². The largest absolute Gasteiger partial charge is 0.412 e. The molecular weight excluding hydrogens is 230 g/mol. The van der Waals surface area contributed by atoms with Crippen LogP contribution < -0.4 is 0 Å². The second-order valence-electron chi connectivity index (χ2n) is 4.78. The fourth-order valence-corrected chi connectivity index (χ4v) is 1.84. The number of hydrogen-bond acceptors (Lipinski definition) is 2. The SMILES string of the molecule is CCN(C)CC.CCN1CCN(C2CC2)C1=O.O. The van der Waals surface area contributed by atoms with E-state index in [1.807, 2.05) is 16.7 Å². The molecular formula is C13H29N3O2. The minimum atomic E-state index is 0. The van der Waals surface area contributed by atoms with Gasteiger partial charge in [-0.25, -0.2) is 4.79 Å². The summed E-state index contributed by atoms with van der Waals surface area (Å²) in [6.07, 6.45) is 2.45. The number of carbonyl (C=O) groups excluding carboxylic acids is 1. The van der Waals surface area contributed by atoms with E-state index in [1.54, 1.807) is 0 Å². The molecule has 1 aliphatic heterocycles. The highest BCUT2D eigenvalue weighted by Crippen LogP contribution is 2.29. The van der Waals surface area contributed by atoms with Crippen LogP contribution in [0.3, 0.4) is 0 Å². The molecule has 2 N–H and O–H groups in total. The molecule has 2 amide bonds. The van der Waals surface area contributed by atoms with E-state index in [0.29, 0.717) is 6.04 Å². The Morgan fingerprint density at radius 2 is 1.72 bits per heavy atom. The minimum Gasteiger partial charge on any atom is -0.412 e. The Bertz CT molecular complexity index is 240. The van der Waals surface area contributed by atoms with E-state index >= 15 is 0 Å². The summed E-state index contributed by atoms with van der Waals surface area (Å²) in [6.45, 7) is 11.4. The smallest absolute Gasteiger partial charge is 0.320 e. The summed E-state index contributed by atoms with van der Waals surface area (Å²) < 4.78 is 0. The van der Waals surface area contributed by atoms with Gasteiger partial charge in [-0.2, -0.15) is 0 Å². The third kappa shape index (κ3) is 4.82. The zero-order valence-electron chi connectivity index (χ0n) is 12.3. The minimum absolute atomic E-state index is 0. The van der Waals surface area contributed by atoms with E-state index in [4.69, 9.17) is 0 Å². The third-order valence-corrected chi connectivity index (χ3v) is 3.58. The summed E-state index contributed by atoms with van der Waals surface area (Å²) >= 11 is 0. The van der Waals surface area contributed by atoms with Crippen molar-refractivity contribution < 1.29 is 10.3 Å². The Kier molecular flexibility index (Phi) is 7.95. The molecule has 18 heavy (non-hydrogen) atoms. The molecule has 0 aromatic heterocycles. The van der Waals surface area contributed by atoms with Gasteiger partial charge >= 0.3 is 6.03 Å². The maximum Gasteiger partial charge on any atom is 0.320 e. The van der Waals surface area contributed by atoms with E-state index in [0.717, 1.165) is 32.7 Å². The van der Waals surface area contributed by atoms with Gasteiger partial charge < -0.3 is 20.2 Å². The number of hydrogen-bond donors (Lipinski definition) is 0. The predicted octanol–water partition coefficient (Wildman–Crippen LogP) is 1.04.